The fraction of sp³-hybridized carbons (Fsp3) is 0.150. The van der Waals surface area contributed by atoms with E-state index < -0.39 is 0 Å². The van der Waals surface area contributed by atoms with Gasteiger partial charge in [0.1, 0.15) is 16.4 Å². The standard InChI is InChI=1S/C20H15Cl2N3O3S2/c1-10(29-9-15(26)23-13-5-2-4-12(21)17(13)22)18-24-19(27)16-11(8-30-20(16)25-18)14-6-3-7-28-14/h2-8,10H,9H2,1H3,(H,23,26)(H,24,25,27). The van der Waals surface area contributed by atoms with Gasteiger partial charge in [-0.25, -0.2) is 4.98 Å². The highest BCUT2D eigenvalue weighted by atomic mass is 35.5. The van der Waals surface area contributed by atoms with Crippen molar-refractivity contribution in [2.75, 3.05) is 11.1 Å². The molecule has 4 rings (SSSR count). The number of carbonyl (C=O) groups excluding carboxylic acids is 1. The van der Waals surface area contributed by atoms with Crippen LogP contribution in [0.3, 0.4) is 0 Å². The van der Waals surface area contributed by atoms with Crippen molar-refractivity contribution in [3.05, 3.63) is 68.2 Å². The maximum absolute atomic E-state index is 12.7. The van der Waals surface area contributed by atoms with Crippen LogP contribution in [-0.4, -0.2) is 21.6 Å². The van der Waals surface area contributed by atoms with Gasteiger partial charge in [0.2, 0.25) is 5.91 Å². The topological polar surface area (TPSA) is 88.0 Å². The molecule has 1 amide bonds. The molecule has 0 bridgehead atoms. The van der Waals surface area contributed by atoms with E-state index in [2.05, 4.69) is 15.3 Å². The van der Waals surface area contributed by atoms with Crippen molar-refractivity contribution in [1.29, 1.82) is 0 Å². The molecule has 0 radical (unpaired) electrons. The second-order valence-electron chi connectivity index (χ2n) is 6.36. The summed E-state index contributed by atoms with van der Waals surface area (Å²) >= 11 is 14.8. The minimum absolute atomic E-state index is 0.161. The van der Waals surface area contributed by atoms with Crippen LogP contribution < -0.4 is 10.9 Å². The van der Waals surface area contributed by atoms with Gasteiger partial charge in [0.05, 0.1) is 38.4 Å². The van der Waals surface area contributed by atoms with E-state index in [9.17, 15) is 9.59 Å². The summed E-state index contributed by atoms with van der Waals surface area (Å²) in [7, 11) is 0. The molecule has 1 aromatic carbocycles. The molecule has 1 unspecified atom stereocenters. The van der Waals surface area contributed by atoms with Gasteiger partial charge in [0, 0.05) is 10.9 Å². The maximum Gasteiger partial charge on any atom is 0.260 e. The Kier molecular flexibility index (Phi) is 6.19. The molecule has 0 spiro atoms. The summed E-state index contributed by atoms with van der Waals surface area (Å²) in [4.78, 5) is 33.0. The molecule has 1 atom stereocenters. The van der Waals surface area contributed by atoms with Crippen molar-refractivity contribution in [3.63, 3.8) is 0 Å². The predicted molar refractivity (Wildman–Crippen MR) is 124 cm³/mol. The molecule has 0 aliphatic rings. The number of H-pyrrole nitrogens is 1. The molecule has 4 aromatic rings. The number of carbonyl (C=O) groups is 1. The van der Waals surface area contributed by atoms with Crippen molar-refractivity contribution in [1.82, 2.24) is 9.97 Å². The van der Waals surface area contributed by atoms with Crippen LogP contribution in [0.1, 0.15) is 18.0 Å². The molecule has 0 saturated carbocycles. The minimum Gasteiger partial charge on any atom is -0.464 e. The minimum atomic E-state index is -0.231. The largest absolute Gasteiger partial charge is 0.464 e. The average Bonchev–Trinajstić information content (AvgIpc) is 3.39. The Bertz CT molecular complexity index is 1270. The van der Waals surface area contributed by atoms with E-state index >= 15 is 0 Å². The van der Waals surface area contributed by atoms with Crippen molar-refractivity contribution in [2.24, 2.45) is 0 Å². The zero-order valence-corrected chi connectivity index (χ0v) is 18.7. The van der Waals surface area contributed by atoms with Gasteiger partial charge in [0.15, 0.2) is 0 Å². The van der Waals surface area contributed by atoms with Crippen LogP contribution in [0.15, 0.2) is 51.2 Å². The van der Waals surface area contributed by atoms with Crippen LogP contribution in [0.25, 0.3) is 21.5 Å². The van der Waals surface area contributed by atoms with E-state index in [1.54, 1.807) is 36.6 Å². The Hall–Kier alpha value is -2.26. The molecule has 0 fully saturated rings. The number of benzene rings is 1. The first-order chi connectivity index (χ1) is 14.4. The highest BCUT2D eigenvalue weighted by Gasteiger charge is 2.18. The lowest BCUT2D eigenvalue weighted by molar-refractivity contribution is -0.113. The van der Waals surface area contributed by atoms with Gasteiger partial charge in [-0.15, -0.1) is 23.1 Å². The first-order valence-corrected chi connectivity index (χ1v) is 11.5. The van der Waals surface area contributed by atoms with Crippen LogP contribution in [0.4, 0.5) is 5.69 Å². The Morgan fingerprint density at radius 3 is 2.93 bits per heavy atom. The van der Waals surface area contributed by atoms with Gasteiger partial charge in [-0.3, -0.25) is 9.59 Å². The van der Waals surface area contributed by atoms with Crippen molar-refractivity contribution >= 4 is 68.1 Å². The number of amides is 1. The van der Waals surface area contributed by atoms with Crippen LogP contribution in [0.2, 0.25) is 10.0 Å². The van der Waals surface area contributed by atoms with Crippen LogP contribution in [-0.2, 0) is 4.79 Å². The van der Waals surface area contributed by atoms with Crippen molar-refractivity contribution in [2.45, 2.75) is 12.2 Å². The summed E-state index contributed by atoms with van der Waals surface area (Å²) in [5.41, 5.74) is 0.947. The predicted octanol–water partition coefficient (Wildman–Crippen LogP) is 5.98. The summed E-state index contributed by atoms with van der Waals surface area (Å²) in [6, 6.07) is 8.62. The second kappa shape index (κ2) is 8.85. The number of hydrogen-bond acceptors (Lipinski definition) is 6. The van der Waals surface area contributed by atoms with Gasteiger partial charge in [-0.05, 0) is 31.2 Å². The molecule has 3 aromatic heterocycles. The van der Waals surface area contributed by atoms with E-state index in [1.165, 1.54) is 23.1 Å². The number of fused-ring (bicyclic) bond motifs is 1. The SMILES string of the molecule is CC(SCC(=O)Nc1cccc(Cl)c1Cl)c1nc2scc(-c3ccco3)c2c(=O)[nH]1. The zero-order chi connectivity index (χ0) is 21.3. The maximum atomic E-state index is 12.7. The number of anilines is 1. The van der Waals surface area contributed by atoms with Crippen LogP contribution >= 0.6 is 46.3 Å². The molecule has 2 N–H and O–H groups in total. The van der Waals surface area contributed by atoms with E-state index in [0.717, 1.165) is 5.56 Å². The Balaban J connectivity index is 1.47. The van der Waals surface area contributed by atoms with Gasteiger partial charge < -0.3 is 14.7 Å². The number of aromatic nitrogens is 2. The Morgan fingerprint density at radius 1 is 1.33 bits per heavy atom. The number of furan rings is 1. The highest BCUT2D eigenvalue weighted by Crippen LogP contribution is 2.33. The number of halogens is 2. The molecule has 10 heteroatoms. The smallest absolute Gasteiger partial charge is 0.260 e. The Labute approximate surface area is 189 Å². The molecular weight excluding hydrogens is 465 g/mol. The summed E-state index contributed by atoms with van der Waals surface area (Å²) in [5, 5.41) is 5.57. The molecule has 154 valence electrons. The quantitative estimate of drug-likeness (QED) is 0.354. The monoisotopic (exact) mass is 479 g/mol. The van der Waals surface area contributed by atoms with Crippen LogP contribution in [0, 0.1) is 0 Å². The lowest BCUT2D eigenvalue weighted by atomic mass is 10.2. The fourth-order valence-corrected chi connectivity index (χ4v) is 4.86. The van der Waals surface area contributed by atoms with E-state index in [4.69, 9.17) is 27.6 Å². The normalized spacial score (nSPS) is 12.2. The molecule has 0 aliphatic heterocycles. The van der Waals surface area contributed by atoms with E-state index in [-0.39, 0.29) is 22.5 Å². The number of thioether (sulfide) groups is 1. The van der Waals surface area contributed by atoms with E-state index in [1.807, 2.05) is 12.3 Å². The first kappa shape index (κ1) is 21.0. The van der Waals surface area contributed by atoms with Gasteiger partial charge in [-0.1, -0.05) is 29.3 Å². The molecule has 30 heavy (non-hydrogen) atoms. The zero-order valence-electron chi connectivity index (χ0n) is 15.6. The number of nitrogens with one attached hydrogen (secondary N) is 2. The third kappa shape index (κ3) is 4.27. The first-order valence-electron chi connectivity index (χ1n) is 8.85. The number of nitrogens with zero attached hydrogens (tertiary/aromatic N) is 1. The fourth-order valence-electron chi connectivity index (χ4n) is 2.84. The molecule has 0 saturated heterocycles. The molecule has 0 aliphatic carbocycles. The number of hydrogen-bond donors (Lipinski definition) is 2. The lowest BCUT2D eigenvalue weighted by Gasteiger charge is -2.12. The third-order valence-electron chi connectivity index (χ3n) is 4.32. The summed E-state index contributed by atoms with van der Waals surface area (Å²) < 4.78 is 5.41. The number of rotatable bonds is 6. The third-order valence-corrected chi connectivity index (χ3v) is 7.17. The number of aromatic amines is 1. The van der Waals surface area contributed by atoms with Gasteiger partial charge in [-0.2, -0.15) is 0 Å². The molecular formula is C20H15Cl2N3O3S2. The molecule has 6 nitrogen and oxygen atoms in total. The highest BCUT2D eigenvalue weighted by molar-refractivity contribution is 8.00. The average molecular weight is 480 g/mol. The van der Waals surface area contributed by atoms with Gasteiger partial charge in [0.25, 0.3) is 5.56 Å². The summed E-state index contributed by atoms with van der Waals surface area (Å²) in [6.07, 6.45) is 1.56. The van der Waals surface area contributed by atoms with Crippen LogP contribution in [0.5, 0.6) is 0 Å². The Morgan fingerprint density at radius 2 is 2.17 bits per heavy atom. The van der Waals surface area contributed by atoms with Gasteiger partial charge >= 0.3 is 0 Å². The number of thiophene rings is 1. The summed E-state index contributed by atoms with van der Waals surface area (Å²) in [6.45, 7) is 1.88. The second-order valence-corrected chi connectivity index (χ2v) is 9.33. The van der Waals surface area contributed by atoms with Crippen molar-refractivity contribution in [3.8, 4) is 11.3 Å². The van der Waals surface area contributed by atoms with E-state index in [0.29, 0.717) is 37.5 Å². The summed E-state index contributed by atoms with van der Waals surface area (Å²) in [5.74, 6) is 1.07. The molecule has 3 heterocycles. The lowest BCUT2D eigenvalue weighted by Crippen LogP contribution is -2.16. The van der Waals surface area contributed by atoms with Crippen molar-refractivity contribution < 1.29 is 9.21 Å².